The van der Waals surface area contributed by atoms with E-state index in [0.29, 0.717) is 6.04 Å². The van der Waals surface area contributed by atoms with Gasteiger partial charge in [-0.25, -0.2) is 4.98 Å². The summed E-state index contributed by atoms with van der Waals surface area (Å²) in [5.41, 5.74) is 2.34. The molecule has 3 rings (SSSR count). The quantitative estimate of drug-likeness (QED) is 0.886. The molecule has 0 aliphatic carbocycles. The Balaban J connectivity index is 1.73. The third-order valence-corrected chi connectivity index (χ3v) is 4.13. The fraction of sp³-hybridized carbons (Fsp3) is 0.533. The normalized spacial score (nSPS) is 20.8. The van der Waals surface area contributed by atoms with Gasteiger partial charge in [0.05, 0.1) is 0 Å². The van der Waals surface area contributed by atoms with E-state index in [1.54, 1.807) is 0 Å². The van der Waals surface area contributed by atoms with Gasteiger partial charge in [-0.15, -0.1) is 0 Å². The first kappa shape index (κ1) is 12.6. The molecule has 1 aliphatic rings. The van der Waals surface area contributed by atoms with Crippen LogP contribution in [-0.2, 0) is 6.54 Å². The standard InChI is InChI=1S/C15H22N4/c1-19(13-4-2-7-16-9-6-13)11-12-10-18-15-14(12)5-3-8-17-15/h3,5,8,10,13,16H,2,4,6-7,9,11H2,1H3,(H,17,18). The zero-order chi connectivity index (χ0) is 13.1. The summed E-state index contributed by atoms with van der Waals surface area (Å²) in [4.78, 5) is 10.1. The average molecular weight is 258 g/mol. The molecular weight excluding hydrogens is 236 g/mol. The summed E-state index contributed by atoms with van der Waals surface area (Å²) in [6.45, 7) is 3.31. The molecule has 0 saturated carbocycles. The minimum atomic E-state index is 0.691. The van der Waals surface area contributed by atoms with Gasteiger partial charge < -0.3 is 10.3 Å². The van der Waals surface area contributed by atoms with Gasteiger partial charge in [-0.3, -0.25) is 4.90 Å². The minimum Gasteiger partial charge on any atom is -0.346 e. The molecule has 19 heavy (non-hydrogen) atoms. The Morgan fingerprint density at radius 1 is 1.37 bits per heavy atom. The zero-order valence-corrected chi connectivity index (χ0v) is 11.5. The summed E-state index contributed by atoms with van der Waals surface area (Å²) in [7, 11) is 2.24. The zero-order valence-electron chi connectivity index (χ0n) is 11.5. The molecule has 102 valence electrons. The van der Waals surface area contributed by atoms with Crippen molar-refractivity contribution < 1.29 is 0 Å². The van der Waals surface area contributed by atoms with E-state index < -0.39 is 0 Å². The lowest BCUT2D eigenvalue weighted by molar-refractivity contribution is 0.217. The Hall–Kier alpha value is -1.39. The topological polar surface area (TPSA) is 44.0 Å². The highest BCUT2D eigenvalue weighted by atomic mass is 15.1. The second-order valence-corrected chi connectivity index (χ2v) is 5.46. The van der Waals surface area contributed by atoms with E-state index in [0.717, 1.165) is 18.7 Å². The van der Waals surface area contributed by atoms with Crippen LogP contribution < -0.4 is 5.32 Å². The van der Waals surface area contributed by atoms with E-state index in [9.17, 15) is 0 Å². The Bertz CT molecular complexity index is 526. The number of aromatic amines is 1. The fourth-order valence-corrected chi connectivity index (χ4v) is 2.98. The predicted molar refractivity (Wildman–Crippen MR) is 78.1 cm³/mol. The molecule has 0 bridgehead atoms. The van der Waals surface area contributed by atoms with E-state index >= 15 is 0 Å². The molecule has 1 saturated heterocycles. The van der Waals surface area contributed by atoms with Gasteiger partial charge in [0.1, 0.15) is 5.65 Å². The Kier molecular flexibility index (Phi) is 3.80. The van der Waals surface area contributed by atoms with Crippen molar-refractivity contribution in [3.05, 3.63) is 30.1 Å². The second-order valence-electron chi connectivity index (χ2n) is 5.46. The van der Waals surface area contributed by atoms with Crippen molar-refractivity contribution in [2.75, 3.05) is 20.1 Å². The largest absolute Gasteiger partial charge is 0.346 e. The molecule has 4 heteroatoms. The summed E-state index contributed by atoms with van der Waals surface area (Å²) in [6.07, 6.45) is 7.76. The molecule has 1 atom stereocenters. The third-order valence-electron chi connectivity index (χ3n) is 4.13. The summed E-state index contributed by atoms with van der Waals surface area (Å²) in [5, 5.41) is 4.73. The molecule has 2 aromatic rings. The van der Waals surface area contributed by atoms with Crippen LogP contribution in [0.15, 0.2) is 24.5 Å². The number of hydrogen-bond acceptors (Lipinski definition) is 3. The molecule has 3 heterocycles. The van der Waals surface area contributed by atoms with E-state index in [-0.39, 0.29) is 0 Å². The van der Waals surface area contributed by atoms with Crippen molar-refractivity contribution in [1.82, 2.24) is 20.2 Å². The highest BCUT2D eigenvalue weighted by Gasteiger charge is 2.17. The molecule has 2 N–H and O–H groups in total. The second kappa shape index (κ2) is 5.72. The van der Waals surface area contributed by atoms with Crippen molar-refractivity contribution in [1.29, 1.82) is 0 Å². The maximum atomic E-state index is 4.35. The summed E-state index contributed by atoms with van der Waals surface area (Å²) >= 11 is 0. The van der Waals surface area contributed by atoms with Crippen LogP contribution in [0.25, 0.3) is 11.0 Å². The lowest BCUT2D eigenvalue weighted by Crippen LogP contribution is -2.31. The number of aromatic nitrogens is 2. The number of rotatable bonds is 3. The SMILES string of the molecule is CN(Cc1c[nH]c2ncccc12)C1CCCNCC1. The van der Waals surface area contributed by atoms with Crippen LogP contribution in [0.5, 0.6) is 0 Å². The maximum Gasteiger partial charge on any atom is 0.137 e. The number of H-pyrrole nitrogens is 1. The van der Waals surface area contributed by atoms with Gasteiger partial charge in [0.2, 0.25) is 0 Å². The smallest absolute Gasteiger partial charge is 0.137 e. The minimum absolute atomic E-state index is 0.691. The fourth-order valence-electron chi connectivity index (χ4n) is 2.98. The van der Waals surface area contributed by atoms with Crippen LogP contribution in [-0.4, -0.2) is 41.0 Å². The monoisotopic (exact) mass is 258 g/mol. The highest BCUT2D eigenvalue weighted by molar-refractivity contribution is 5.79. The molecule has 0 spiro atoms. The van der Waals surface area contributed by atoms with Crippen LogP contribution in [0.1, 0.15) is 24.8 Å². The van der Waals surface area contributed by atoms with Crippen LogP contribution in [0.4, 0.5) is 0 Å². The molecular formula is C15H22N4. The van der Waals surface area contributed by atoms with Crippen LogP contribution in [0, 0.1) is 0 Å². The highest BCUT2D eigenvalue weighted by Crippen LogP contribution is 2.20. The van der Waals surface area contributed by atoms with Crippen molar-refractivity contribution >= 4 is 11.0 Å². The van der Waals surface area contributed by atoms with Crippen molar-refractivity contribution in [3.63, 3.8) is 0 Å². The van der Waals surface area contributed by atoms with E-state index in [1.807, 2.05) is 12.3 Å². The van der Waals surface area contributed by atoms with Crippen molar-refractivity contribution in [3.8, 4) is 0 Å². The van der Waals surface area contributed by atoms with Crippen molar-refractivity contribution in [2.45, 2.75) is 31.8 Å². The summed E-state index contributed by atoms with van der Waals surface area (Å²) < 4.78 is 0. The van der Waals surface area contributed by atoms with E-state index in [1.165, 1.54) is 36.8 Å². The molecule has 0 radical (unpaired) electrons. The molecule has 0 amide bonds. The van der Waals surface area contributed by atoms with Crippen molar-refractivity contribution in [2.24, 2.45) is 0 Å². The molecule has 1 fully saturated rings. The molecule has 1 unspecified atom stereocenters. The first-order chi connectivity index (χ1) is 9.34. The van der Waals surface area contributed by atoms with Gasteiger partial charge in [0.15, 0.2) is 0 Å². The maximum absolute atomic E-state index is 4.35. The van der Waals surface area contributed by atoms with Crippen LogP contribution >= 0.6 is 0 Å². The van der Waals surface area contributed by atoms with Gasteiger partial charge in [0, 0.05) is 30.4 Å². The number of hydrogen-bond donors (Lipinski definition) is 2. The first-order valence-electron chi connectivity index (χ1n) is 7.16. The number of nitrogens with zero attached hydrogens (tertiary/aromatic N) is 2. The van der Waals surface area contributed by atoms with Gasteiger partial charge >= 0.3 is 0 Å². The Morgan fingerprint density at radius 3 is 3.26 bits per heavy atom. The Morgan fingerprint density at radius 2 is 2.32 bits per heavy atom. The number of pyridine rings is 1. The lowest BCUT2D eigenvalue weighted by Gasteiger charge is -2.26. The van der Waals surface area contributed by atoms with Gasteiger partial charge in [-0.1, -0.05) is 0 Å². The van der Waals surface area contributed by atoms with Gasteiger partial charge in [-0.05, 0) is 57.1 Å². The molecule has 2 aromatic heterocycles. The van der Waals surface area contributed by atoms with Crippen LogP contribution in [0.3, 0.4) is 0 Å². The molecule has 4 nitrogen and oxygen atoms in total. The third kappa shape index (κ3) is 2.80. The van der Waals surface area contributed by atoms with Gasteiger partial charge in [-0.2, -0.15) is 0 Å². The molecule has 0 aromatic carbocycles. The molecule has 1 aliphatic heterocycles. The predicted octanol–water partition coefficient (Wildman–Crippen LogP) is 2.14. The number of fused-ring (bicyclic) bond motifs is 1. The van der Waals surface area contributed by atoms with Crippen LogP contribution in [0.2, 0.25) is 0 Å². The summed E-state index contributed by atoms with van der Waals surface area (Å²) in [5.74, 6) is 0. The van der Waals surface area contributed by atoms with E-state index in [4.69, 9.17) is 0 Å². The summed E-state index contributed by atoms with van der Waals surface area (Å²) in [6, 6.07) is 4.85. The number of nitrogens with one attached hydrogen (secondary N) is 2. The first-order valence-corrected chi connectivity index (χ1v) is 7.16. The van der Waals surface area contributed by atoms with Gasteiger partial charge in [0.25, 0.3) is 0 Å². The van der Waals surface area contributed by atoms with E-state index in [2.05, 4.69) is 39.5 Å². The Labute approximate surface area is 114 Å². The average Bonchev–Trinajstić information content (AvgIpc) is 2.66. The lowest BCUT2D eigenvalue weighted by atomic mass is 10.1.